The Balaban J connectivity index is 1.94. The third-order valence-corrected chi connectivity index (χ3v) is 4.87. The first-order valence-corrected chi connectivity index (χ1v) is 8.39. The summed E-state index contributed by atoms with van der Waals surface area (Å²) in [5, 5.41) is 0. The smallest absolute Gasteiger partial charge is 0.0501 e. The highest BCUT2D eigenvalue weighted by Gasteiger charge is 2.33. The van der Waals surface area contributed by atoms with E-state index < -0.39 is 0 Å². The zero-order chi connectivity index (χ0) is 13.9. The third kappa shape index (κ3) is 2.91. The molecule has 2 heteroatoms. The molecule has 2 unspecified atom stereocenters. The Bertz CT molecular complexity index is 439. The van der Waals surface area contributed by atoms with Gasteiger partial charge in [0.15, 0.2) is 0 Å². The Morgan fingerprint density at radius 2 is 1.85 bits per heavy atom. The van der Waals surface area contributed by atoms with Crippen LogP contribution in [0.3, 0.4) is 0 Å². The predicted octanol–water partition coefficient (Wildman–Crippen LogP) is 3.83. The van der Waals surface area contributed by atoms with Crippen LogP contribution in [-0.4, -0.2) is 24.0 Å². The highest BCUT2D eigenvalue weighted by Crippen LogP contribution is 2.44. The molecule has 3 rings (SSSR count). The molecule has 1 heterocycles. The van der Waals surface area contributed by atoms with Gasteiger partial charge in [0.2, 0.25) is 0 Å². The van der Waals surface area contributed by atoms with Crippen molar-refractivity contribution < 1.29 is 0 Å². The van der Waals surface area contributed by atoms with Crippen LogP contribution < -0.4 is 5.73 Å². The van der Waals surface area contributed by atoms with Crippen molar-refractivity contribution in [2.45, 2.75) is 63.5 Å². The van der Waals surface area contributed by atoms with Gasteiger partial charge in [-0.3, -0.25) is 4.90 Å². The fourth-order valence-corrected chi connectivity index (χ4v) is 3.77. The largest absolute Gasteiger partial charge is 0.326 e. The van der Waals surface area contributed by atoms with Crippen LogP contribution in [0, 0.1) is 0 Å². The van der Waals surface area contributed by atoms with Crippen molar-refractivity contribution >= 4 is 0 Å². The third-order valence-electron chi connectivity index (χ3n) is 4.87. The second kappa shape index (κ2) is 6.28. The van der Waals surface area contributed by atoms with Crippen LogP contribution >= 0.6 is 0 Å². The topological polar surface area (TPSA) is 29.3 Å². The van der Waals surface area contributed by atoms with E-state index in [2.05, 4.69) is 36.1 Å². The number of benzene rings is 1. The Morgan fingerprint density at radius 3 is 2.55 bits per heavy atom. The molecule has 0 bridgehead atoms. The lowest BCUT2D eigenvalue weighted by Crippen LogP contribution is -2.40. The van der Waals surface area contributed by atoms with Gasteiger partial charge >= 0.3 is 0 Å². The summed E-state index contributed by atoms with van der Waals surface area (Å²) < 4.78 is 0. The number of nitrogens with two attached hydrogens (primary N) is 1. The van der Waals surface area contributed by atoms with Gasteiger partial charge in [0.25, 0.3) is 0 Å². The van der Waals surface area contributed by atoms with Crippen LogP contribution in [0.1, 0.15) is 68.5 Å². The molecule has 2 N–H and O–H groups in total. The van der Waals surface area contributed by atoms with Gasteiger partial charge in [0.05, 0.1) is 6.04 Å². The maximum absolute atomic E-state index is 6.58. The Hall–Kier alpha value is -0.860. The molecule has 0 spiro atoms. The van der Waals surface area contributed by atoms with Crippen molar-refractivity contribution in [2.24, 2.45) is 5.73 Å². The molecule has 2 nitrogen and oxygen atoms in total. The number of likely N-dealkylation sites (tertiary alicyclic amines) is 1. The average Bonchev–Trinajstić information content (AvgIpc) is 3.28. The minimum Gasteiger partial charge on any atom is -0.326 e. The fourth-order valence-electron chi connectivity index (χ4n) is 3.77. The minimum absolute atomic E-state index is 0.295. The molecule has 1 aromatic rings. The second-order valence-corrected chi connectivity index (χ2v) is 6.54. The number of hydrogen-bond acceptors (Lipinski definition) is 2. The number of rotatable bonds is 4. The molecule has 2 fully saturated rings. The Morgan fingerprint density at radius 1 is 1.10 bits per heavy atom. The van der Waals surface area contributed by atoms with Crippen LogP contribution in [0.5, 0.6) is 0 Å². The van der Waals surface area contributed by atoms with Gasteiger partial charge in [0.1, 0.15) is 0 Å². The first-order valence-electron chi connectivity index (χ1n) is 8.39. The molecular weight excluding hydrogens is 244 g/mol. The van der Waals surface area contributed by atoms with E-state index in [4.69, 9.17) is 5.73 Å². The predicted molar refractivity (Wildman–Crippen MR) is 84.8 cm³/mol. The van der Waals surface area contributed by atoms with E-state index in [1.54, 1.807) is 5.56 Å². The summed E-state index contributed by atoms with van der Waals surface area (Å²) in [6.45, 7) is 4.67. The van der Waals surface area contributed by atoms with E-state index in [1.807, 2.05) is 0 Å². The van der Waals surface area contributed by atoms with Crippen molar-refractivity contribution in [3.05, 3.63) is 35.4 Å². The Labute approximate surface area is 123 Å². The summed E-state index contributed by atoms with van der Waals surface area (Å²) in [7, 11) is 0. The lowest BCUT2D eigenvalue weighted by Gasteiger charge is -2.35. The van der Waals surface area contributed by atoms with Crippen LogP contribution in [0.2, 0.25) is 0 Å². The molecule has 1 aliphatic heterocycles. The van der Waals surface area contributed by atoms with Crippen molar-refractivity contribution in [2.75, 3.05) is 13.1 Å². The summed E-state index contributed by atoms with van der Waals surface area (Å²) in [4.78, 5) is 2.65. The second-order valence-electron chi connectivity index (χ2n) is 6.54. The highest BCUT2D eigenvalue weighted by molar-refractivity contribution is 5.36. The minimum atomic E-state index is 0.295. The first-order chi connectivity index (χ1) is 9.81. The summed E-state index contributed by atoms with van der Waals surface area (Å²) in [5.74, 6) is 0.810. The van der Waals surface area contributed by atoms with E-state index in [0.29, 0.717) is 12.1 Å². The fraction of sp³-hybridized carbons (Fsp3) is 0.667. The highest BCUT2D eigenvalue weighted by atomic mass is 15.2. The van der Waals surface area contributed by atoms with Gasteiger partial charge in [-0.05, 0) is 62.2 Å². The molecule has 0 radical (unpaired) electrons. The maximum Gasteiger partial charge on any atom is 0.0501 e. The Kier molecular flexibility index (Phi) is 4.42. The van der Waals surface area contributed by atoms with Crippen LogP contribution in [-0.2, 0) is 0 Å². The normalized spacial score (nSPS) is 28.3. The molecule has 0 amide bonds. The first kappa shape index (κ1) is 14.1. The lowest BCUT2D eigenvalue weighted by atomic mass is 9.90. The maximum atomic E-state index is 6.58. The number of nitrogens with zero attached hydrogens (tertiary/aromatic N) is 1. The molecule has 1 saturated heterocycles. The van der Waals surface area contributed by atoms with Crippen molar-refractivity contribution in [1.29, 1.82) is 0 Å². The van der Waals surface area contributed by atoms with E-state index in [-0.39, 0.29) is 0 Å². The molecule has 2 atom stereocenters. The SMILES string of the molecule is CCCN1CCCCC(N)C1c1ccccc1C1CC1. The summed E-state index contributed by atoms with van der Waals surface area (Å²) in [6.07, 6.45) is 7.71. The monoisotopic (exact) mass is 272 g/mol. The molecule has 1 aliphatic carbocycles. The molecule has 2 aliphatic rings. The molecular formula is C18H28N2. The van der Waals surface area contributed by atoms with Gasteiger partial charge < -0.3 is 5.73 Å². The summed E-state index contributed by atoms with van der Waals surface area (Å²) in [6, 6.07) is 9.81. The van der Waals surface area contributed by atoms with Gasteiger partial charge in [-0.25, -0.2) is 0 Å². The molecule has 1 saturated carbocycles. The van der Waals surface area contributed by atoms with Crippen LogP contribution in [0.15, 0.2) is 24.3 Å². The quantitative estimate of drug-likeness (QED) is 0.902. The molecule has 1 aromatic carbocycles. The van der Waals surface area contributed by atoms with Gasteiger partial charge in [-0.15, -0.1) is 0 Å². The zero-order valence-corrected chi connectivity index (χ0v) is 12.7. The molecule has 0 aromatic heterocycles. The lowest BCUT2D eigenvalue weighted by molar-refractivity contribution is 0.185. The van der Waals surface area contributed by atoms with E-state index in [1.165, 1.54) is 57.2 Å². The summed E-state index contributed by atoms with van der Waals surface area (Å²) in [5.41, 5.74) is 9.68. The summed E-state index contributed by atoms with van der Waals surface area (Å²) >= 11 is 0. The van der Waals surface area contributed by atoms with E-state index in [0.717, 1.165) is 5.92 Å². The molecule has 20 heavy (non-hydrogen) atoms. The van der Waals surface area contributed by atoms with Crippen molar-refractivity contribution in [1.82, 2.24) is 4.90 Å². The zero-order valence-electron chi connectivity index (χ0n) is 12.7. The van der Waals surface area contributed by atoms with Crippen LogP contribution in [0.25, 0.3) is 0 Å². The standard InChI is InChI=1S/C18H28N2/c1-2-12-20-13-6-5-9-17(19)18(20)16-8-4-3-7-15(16)14-10-11-14/h3-4,7-8,14,17-18H,2,5-6,9-13,19H2,1H3. The van der Waals surface area contributed by atoms with Gasteiger partial charge in [-0.1, -0.05) is 37.6 Å². The van der Waals surface area contributed by atoms with Crippen molar-refractivity contribution in [3.8, 4) is 0 Å². The van der Waals surface area contributed by atoms with E-state index in [9.17, 15) is 0 Å². The van der Waals surface area contributed by atoms with Crippen molar-refractivity contribution in [3.63, 3.8) is 0 Å². The number of hydrogen-bond donors (Lipinski definition) is 1. The van der Waals surface area contributed by atoms with Gasteiger partial charge in [0, 0.05) is 6.04 Å². The van der Waals surface area contributed by atoms with Crippen LogP contribution in [0.4, 0.5) is 0 Å². The van der Waals surface area contributed by atoms with Gasteiger partial charge in [-0.2, -0.15) is 0 Å². The average molecular weight is 272 g/mol. The molecule has 110 valence electrons. The van der Waals surface area contributed by atoms with E-state index >= 15 is 0 Å².